The maximum atomic E-state index is 9.64. The highest BCUT2D eigenvalue weighted by Gasteiger charge is 2.29. The molecule has 1 N–H and O–H groups in total. The zero-order chi connectivity index (χ0) is 15.9. The van der Waals surface area contributed by atoms with Gasteiger partial charge in [0, 0.05) is 12.2 Å². The second-order valence-corrected chi connectivity index (χ2v) is 7.05. The van der Waals surface area contributed by atoms with Crippen LogP contribution in [0.25, 0.3) is 0 Å². The standard InChI is InChI=1S/C20H30N2O/c23-21-18-12-7-5-3-1-2-4-6-8-14-20(18)22-16-15-17-11-9-10-13-19(17)22/h9-11,13,20,23H,1-8,12,14-16H2/b21-18+/t20-/m0/s1. The van der Waals surface area contributed by atoms with Crippen molar-refractivity contribution in [1.82, 2.24) is 0 Å². The number of hydrogen-bond donors (Lipinski definition) is 1. The van der Waals surface area contributed by atoms with Gasteiger partial charge in [0.25, 0.3) is 0 Å². The maximum absolute atomic E-state index is 9.64. The third-order valence-electron chi connectivity index (χ3n) is 5.47. The largest absolute Gasteiger partial charge is 0.411 e. The van der Waals surface area contributed by atoms with Gasteiger partial charge in [-0.1, -0.05) is 68.3 Å². The van der Waals surface area contributed by atoms with Crippen LogP contribution in [0.1, 0.15) is 69.8 Å². The van der Waals surface area contributed by atoms with Gasteiger partial charge in [-0.3, -0.25) is 0 Å². The van der Waals surface area contributed by atoms with Crippen LogP contribution in [0.2, 0.25) is 0 Å². The molecule has 0 radical (unpaired) electrons. The monoisotopic (exact) mass is 314 g/mol. The fourth-order valence-electron chi connectivity index (χ4n) is 4.18. The van der Waals surface area contributed by atoms with Crippen molar-refractivity contribution in [2.45, 2.75) is 76.7 Å². The number of rotatable bonds is 1. The van der Waals surface area contributed by atoms with E-state index in [1.54, 1.807) is 0 Å². The lowest BCUT2D eigenvalue weighted by molar-refractivity contribution is 0.313. The highest BCUT2D eigenvalue weighted by Crippen LogP contribution is 2.32. The molecule has 1 heterocycles. The van der Waals surface area contributed by atoms with E-state index in [0.717, 1.165) is 37.9 Å². The number of nitrogens with zero attached hydrogens (tertiary/aromatic N) is 2. The minimum absolute atomic E-state index is 0.281. The highest BCUT2D eigenvalue weighted by atomic mass is 16.4. The number of anilines is 1. The molecule has 1 aliphatic carbocycles. The molecule has 1 fully saturated rings. The van der Waals surface area contributed by atoms with Crippen molar-refractivity contribution in [3.63, 3.8) is 0 Å². The molecule has 2 aliphatic rings. The maximum Gasteiger partial charge on any atom is 0.0794 e. The van der Waals surface area contributed by atoms with Crippen LogP contribution in [0.15, 0.2) is 29.4 Å². The van der Waals surface area contributed by atoms with Gasteiger partial charge in [0.1, 0.15) is 0 Å². The topological polar surface area (TPSA) is 35.8 Å². The summed E-state index contributed by atoms with van der Waals surface area (Å²) < 4.78 is 0. The Morgan fingerprint density at radius 3 is 2.35 bits per heavy atom. The van der Waals surface area contributed by atoms with Crippen molar-refractivity contribution < 1.29 is 5.21 Å². The van der Waals surface area contributed by atoms with Crippen LogP contribution in [0.3, 0.4) is 0 Å². The first-order chi connectivity index (χ1) is 11.4. The summed E-state index contributed by atoms with van der Waals surface area (Å²) in [5.41, 5.74) is 3.80. The molecule has 0 bridgehead atoms. The van der Waals surface area contributed by atoms with Crippen molar-refractivity contribution in [2.24, 2.45) is 5.16 Å². The van der Waals surface area contributed by atoms with Crippen molar-refractivity contribution in [3.05, 3.63) is 29.8 Å². The van der Waals surface area contributed by atoms with Crippen LogP contribution in [-0.4, -0.2) is 23.5 Å². The first-order valence-corrected chi connectivity index (χ1v) is 9.45. The number of oxime groups is 1. The quantitative estimate of drug-likeness (QED) is 0.574. The minimum atomic E-state index is 0.281. The predicted octanol–water partition coefficient (Wildman–Crippen LogP) is 5.16. The summed E-state index contributed by atoms with van der Waals surface area (Å²) in [4.78, 5) is 2.50. The lowest BCUT2D eigenvalue weighted by Crippen LogP contribution is -2.40. The Bertz CT molecular complexity index is 526. The van der Waals surface area contributed by atoms with Gasteiger partial charge >= 0.3 is 0 Å². The van der Waals surface area contributed by atoms with E-state index < -0.39 is 0 Å². The van der Waals surface area contributed by atoms with E-state index in [2.05, 4.69) is 34.3 Å². The Kier molecular flexibility index (Phi) is 5.95. The first kappa shape index (κ1) is 16.4. The Morgan fingerprint density at radius 2 is 1.57 bits per heavy atom. The second kappa shape index (κ2) is 8.37. The molecule has 3 heteroatoms. The van der Waals surface area contributed by atoms with Gasteiger partial charge in [-0.15, -0.1) is 0 Å². The van der Waals surface area contributed by atoms with E-state index in [4.69, 9.17) is 0 Å². The van der Waals surface area contributed by atoms with Crippen molar-refractivity contribution in [3.8, 4) is 0 Å². The molecule has 3 rings (SSSR count). The molecule has 126 valence electrons. The highest BCUT2D eigenvalue weighted by molar-refractivity contribution is 5.92. The molecule has 0 spiro atoms. The number of para-hydroxylation sites is 1. The number of benzene rings is 1. The average molecular weight is 314 g/mol. The molecule has 0 unspecified atom stereocenters. The molecule has 0 saturated heterocycles. The van der Waals surface area contributed by atoms with Crippen LogP contribution in [0.5, 0.6) is 0 Å². The third-order valence-corrected chi connectivity index (χ3v) is 5.47. The first-order valence-electron chi connectivity index (χ1n) is 9.45. The van der Waals surface area contributed by atoms with Crippen molar-refractivity contribution >= 4 is 11.4 Å². The van der Waals surface area contributed by atoms with Crippen LogP contribution in [0.4, 0.5) is 5.69 Å². The van der Waals surface area contributed by atoms with Crippen LogP contribution in [-0.2, 0) is 6.42 Å². The fraction of sp³-hybridized carbons (Fsp3) is 0.650. The Morgan fingerprint density at radius 1 is 0.870 bits per heavy atom. The van der Waals surface area contributed by atoms with Crippen molar-refractivity contribution in [2.75, 3.05) is 11.4 Å². The van der Waals surface area contributed by atoms with E-state index in [-0.39, 0.29) is 6.04 Å². The molecule has 23 heavy (non-hydrogen) atoms. The second-order valence-electron chi connectivity index (χ2n) is 7.05. The van der Waals surface area contributed by atoms with Crippen LogP contribution in [0, 0.1) is 0 Å². The van der Waals surface area contributed by atoms with Gasteiger partial charge in [-0.25, -0.2) is 0 Å². The van der Waals surface area contributed by atoms with E-state index in [0.29, 0.717) is 0 Å². The summed E-state index contributed by atoms with van der Waals surface area (Å²) in [7, 11) is 0. The molecule has 1 aromatic carbocycles. The molecule has 0 aromatic heterocycles. The Labute approximate surface area is 140 Å². The van der Waals surface area contributed by atoms with Gasteiger partial charge in [0.05, 0.1) is 11.8 Å². The van der Waals surface area contributed by atoms with Crippen LogP contribution < -0.4 is 4.90 Å². The van der Waals surface area contributed by atoms with E-state index in [9.17, 15) is 5.21 Å². The van der Waals surface area contributed by atoms with Gasteiger partial charge in [-0.05, 0) is 37.3 Å². The van der Waals surface area contributed by atoms with E-state index in [1.807, 2.05) is 0 Å². The average Bonchev–Trinajstić information content (AvgIpc) is 2.99. The smallest absolute Gasteiger partial charge is 0.0794 e. The normalized spacial score (nSPS) is 25.7. The molecule has 1 aromatic rings. The predicted molar refractivity (Wildman–Crippen MR) is 96.7 cm³/mol. The summed E-state index contributed by atoms with van der Waals surface area (Å²) in [6.07, 6.45) is 13.6. The Hall–Kier alpha value is -1.51. The third kappa shape index (κ3) is 4.07. The van der Waals surface area contributed by atoms with Gasteiger partial charge in [0.2, 0.25) is 0 Å². The molecule has 1 aliphatic heterocycles. The van der Waals surface area contributed by atoms with Gasteiger partial charge in [-0.2, -0.15) is 0 Å². The molecular weight excluding hydrogens is 284 g/mol. The molecule has 1 saturated carbocycles. The molecular formula is C20H30N2O. The summed E-state index contributed by atoms with van der Waals surface area (Å²) in [5, 5.41) is 13.4. The lowest BCUT2D eigenvalue weighted by Gasteiger charge is -2.31. The van der Waals surface area contributed by atoms with E-state index in [1.165, 1.54) is 56.2 Å². The fourth-order valence-corrected chi connectivity index (χ4v) is 4.18. The van der Waals surface area contributed by atoms with Gasteiger partial charge < -0.3 is 10.1 Å². The van der Waals surface area contributed by atoms with Crippen LogP contribution >= 0.6 is 0 Å². The SMILES string of the molecule is O/N=C1\CCCCCCCCCC[C@@H]1N1CCc2ccccc21. The molecule has 0 amide bonds. The number of hydrogen-bond acceptors (Lipinski definition) is 3. The molecule has 1 atom stereocenters. The summed E-state index contributed by atoms with van der Waals surface area (Å²) in [5.74, 6) is 0. The van der Waals surface area contributed by atoms with Crippen molar-refractivity contribution in [1.29, 1.82) is 0 Å². The summed E-state index contributed by atoms with van der Waals surface area (Å²) in [6.45, 7) is 1.06. The summed E-state index contributed by atoms with van der Waals surface area (Å²) >= 11 is 0. The van der Waals surface area contributed by atoms with Gasteiger partial charge in [0.15, 0.2) is 0 Å². The molecule has 3 nitrogen and oxygen atoms in total. The van der Waals surface area contributed by atoms with E-state index >= 15 is 0 Å². The Balaban J connectivity index is 1.77. The zero-order valence-corrected chi connectivity index (χ0v) is 14.2. The number of fused-ring (bicyclic) bond motifs is 1. The minimum Gasteiger partial charge on any atom is -0.411 e. The zero-order valence-electron chi connectivity index (χ0n) is 14.2. The summed E-state index contributed by atoms with van der Waals surface area (Å²) in [6, 6.07) is 9.00. The lowest BCUT2D eigenvalue weighted by atomic mass is 9.95.